The van der Waals surface area contributed by atoms with Crippen LogP contribution in [-0.2, 0) is 10.1 Å². The molecule has 0 unspecified atom stereocenters. The van der Waals surface area contributed by atoms with E-state index in [4.69, 9.17) is 14.8 Å². The van der Waals surface area contributed by atoms with E-state index in [1.54, 1.807) is 0 Å². The molecular weight excluding hydrogens is 118 g/mol. The molecule has 0 amide bonds. The molecular formula is C2H7NO3S. The van der Waals surface area contributed by atoms with Gasteiger partial charge in [-0.25, -0.2) is 4.21 Å². The number of hydrogen-bond acceptors (Lipinski definition) is 2. The molecule has 0 fully saturated rings. The van der Waals surface area contributed by atoms with Crippen molar-refractivity contribution in [2.75, 3.05) is 6.54 Å². The van der Waals surface area contributed by atoms with E-state index in [1.165, 1.54) is 0 Å². The van der Waals surface area contributed by atoms with Gasteiger partial charge >= 0.3 is 0 Å². The van der Waals surface area contributed by atoms with E-state index in [-0.39, 0.29) is 6.54 Å². The highest BCUT2D eigenvalue weighted by Gasteiger charge is 1.85. The molecule has 44 valence electrons. The summed E-state index contributed by atoms with van der Waals surface area (Å²) in [6.07, 6.45) is 0. The molecule has 0 spiro atoms. The molecule has 0 aromatic rings. The first kappa shape index (κ1) is 6.90. The Morgan fingerprint density at radius 3 is 2.14 bits per heavy atom. The van der Waals surface area contributed by atoms with Crippen LogP contribution in [0.1, 0.15) is 0 Å². The van der Waals surface area contributed by atoms with E-state index < -0.39 is 10.1 Å². The fraction of sp³-hybridized carbons (Fsp3) is 0.500. The van der Waals surface area contributed by atoms with Gasteiger partial charge in [-0.2, -0.15) is 0 Å². The van der Waals surface area contributed by atoms with Crippen molar-refractivity contribution >= 4 is 15.5 Å². The quantitative estimate of drug-likeness (QED) is 0.391. The molecule has 0 rings (SSSR count). The summed E-state index contributed by atoms with van der Waals surface area (Å²) in [6, 6.07) is 0. The molecule has 5 heteroatoms. The monoisotopic (exact) mass is 125 g/mol. The first-order valence-electron chi connectivity index (χ1n) is 1.58. The molecule has 7 heavy (non-hydrogen) atoms. The molecule has 0 saturated heterocycles. The van der Waals surface area contributed by atoms with Gasteiger partial charge in [-0.3, -0.25) is 9.11 Å². The second kappa shape index (κ2) is 2.27. The Morgan fingerprint density at radius 1 is 1.71 bits per heavy atom. The maximum atomic E-state index is 9.76. The summed E-state index contributed by atoms with van der Waals surface area (Å²) in [5.41, 5.74) is 4.76. The minimum absolute atomic E-state index is 0.0914. The first-order chi connectivity index (χ1) is 3.06. The summed E-state index contributed by atoms with van der Waals surface area (Å²) in [4.78, 5) is 0. The first-order valence-corrected chi connectivity index (χ1v) is 3.12. The van der Waals surface area contributed by atoms with Crippen LogP contribution in [-0.4, -0.2) is 25.2 Å². The van der Waals surface area contributed by atoms with Crippen LogP contribution in [0.15, 0.2) is 0 Å². The zero-order chi connectivity index (χ0) is 5.91. The van der Waals surface area contributed by atoms with Crippen LogP contribution in [0.4, 0.5) is 0 Å². The maximum Gasteiger partial charge on any atom is 0.197 e. The Balaban J connectivity index is 4.02. The Kier molecular flexibility index (Phi) is 2.24. The third kappa shape index (κ3) is 5.90. The molecule has 0 radical (unpaired) electrons. The highest BCUT2D eigenvalue weighted by Crippen LogP contribution is 1.67. The van der Waals surface area contributed by atoms with Crippen LogP contribution in [0, 0.1) is 0 Å². The maximum absolute atomic E-state index is 9.76. The molecule has 0 aromatic heterocycles. The van der Waals surface area contributed by atoms with Gasteiger partial charge in [0.2, 0.25) is 0 Å². The lowest BCUT2D eigenvalue weighted by Gasteiger charge is -1.85. The van der Waals surface area contributed by atoms with Crippen LogP contribution >= 0.6 is 0 Å². The third-order valence-corrected chi connectivity index (χ3v) is 0.940. The molecule has 4 nitrogen and oxygen atoms in total. The normalized spacial score (nSPS) is 11.3. The van der Waals surface area contributed by atoms with Crippen LogP contribution < -0.4 is 5.73 Å². The highest BCUT2D eigenvalue weighted by molar-refractivity contribution is 7.90. The highest BCUT2D eigenvalue weighted by atomic mass is 32.2. The third-order valence-electron chi connectivity index (χ3n) is 0.313. The second-order valence-electron chi connectivity index (χ2n) is 0.940. The predicted octanol–water partition coefficient (Wildman–Crippen LogP) is -1.02. The fourth-order valence-electron chi connectivity index (χ4n) is 0.125. The van der Waals surface area contributed by atoms with Crippen molar-refractivity contribution in [2.45, 2.75) is 0 Å². The molecule has 0 aliphatic carbocycles. The lowest BCUT2D eigenvalue weighted by molar-refractivity contribution is 0.448. The number of nitrogens with two attached hydrogens (primary N) is 1. The molecule has 0 aromatic carbocycles. The van der Waals surface area contributed by atoms with Crippen molar-refractivity contribution in [3.8, 4) is 0 Å². The Morgan fingerprint density at radius 2 is 2.14 bits per heavy atom. The van der Waals surface area contributed by atoms with Gasteiger partial charge in [-0.05, 0) is 0 Å². The summed E-state index contributed by atoms with van der Waals surface area (Å²) in [6.45, 7) is -0.0914. The van der Waals surface area contributed by atoms with E-state index in [2.05, 4.69) is 0 Å². The van der Waals surface area contributed by atoms with Crippen molar-refractivity contribution in [1.82, 2.24) is 0 Å². The Bertz CT molecular complexity index is 137. The smallest absolute Gasteiger partial charge is 0.197 e. The van der Waals surface area contributed by atoms with Gasteiger partial charge < -0.3 is 5.73 Å². The summed E-state index contributed by atoms with van der Waals surface area (Å²) < 4.78 is 25.7. The molecule has 4 N–H and O–H groups in total. The minimum atomic E-state index is -3.67. The minimum Gasteiger partial charge on any atom is -0.326 e. The fourth-order valence-corrected chi connectivity index (χ4v) is 0.376. The van der Waals surface area contributed by atoms with Crippen molar-refractivity contribution < 1.29 is 13.3 Å². The lowest BCUT2D eigenvalue weighted by Crippen LogP contribution is -2.08. The van der Waals surface area contributed by atoms with Gasteiger partial charge in [0.25, 0.3) is 0 Å². The predicted molar refractivity (Wildman–Crippen MR) is 28.5 cm³/mol. The van der Waals surface area contributed by atoms with Gasteiger partial charge in [0, 0.05) is 11.9 Å². The number of rotatable bonds is 1. The Hall–Kier alpha value is -0.100. The van der Waals surface area contributed by atoms with Crippen molar-refractivity contribution in [3.63, 3.8) is 0 Å². The van der Waals surface area contributed by atoms with Crippen LogP contribution in [0.25, 0.3) is 0 Å². The average molecular weight is 125 g/mol. The van der Waals surface area contributed by atoms with Gasteiger partial charge in [-0.15, -0.1) is 0 Å². The summed E-state index contributed by atoms with van der Waals surface area (Å²) in [5, 5.41) is 0.729. The largest absolute Gasteiger partial charge is 0.326 e. The van der Waals surface area contributed by atoms with E-state index in [0.717, 1.165) is 5.37 Å². The average Bonchev–Trinajstić information content (AvgIpc) is 1.30. The van der Waals surface area contributed by atoms with E-state index in [9.17, 15) is 4.21 Å². The van der Waals surface area contributed by atoms with Crippen LogP contribution in [0.5, 0.6) is 0 Å². The van der Waals surface area contributed by atoms with E-state index in [0.29, 0.717) is 0 Å². The van der Waals surface area contributed by atoms with Crippen LogP contribution in [0.3, 0.4) is 0 Å². The zero-order valence-corrected chi connectivity index (χ0v) is 4.39. The topological polar surface area (TPSA) is 83.6 Å². The van der Waals surface area contributed by atoms with Gasteiger partial charge in [0.1, 0.15) is 0 Å². The second-order valence-corrected chi connectivity index (χ2v) is 2.35. The van der Waals surface area contributed by atoms with Gasteiger partial charge in [-0.1, -0.05) is 0 Å². The van der Waals surface area contributed by atoms with Crippen molar-refractivity contribution in [3.05, 3.63) is 0 Å². The van der Waals surface area contributed by atoms with Gasteiger partial charge in [0.05, 0.1) is 0 Å². The van der Waals surface area contributed by atoms with Crippen LogP contribution in [0.2, 0.25) is 0 Å². The van der Waals surface area contributed by atoms with E-state index >= 15 is 0 Å². The SMILES string of the molecule is NCC=S(=O)(O)O. The molecule has 0 heterocycles. The van der Waals surface area contributed by atoms with Gasteiger partial charge in [0.15, 0.2) is 10.1 Å². The van der Waals surface area contributed by atoms with Crippen molar-refractivity contribution in [2.24, 2.45) is 5.73 Å². The summed E-state index contributed by atoms with van der Waals surface area (Å²) in [7, 11) is -3.67. The standard InChI is InChI=1S/C2H7NO3S/c3-1-2-7(4,5)6/h2H,1,3H2,(H2,4,5,6). The molecule has 0 atom stereocenters. The zero-order valence-electron chi connectivity index (χ0n) is 3.57. The number of hydrogen-bond donors (Lipinski definition) is 3. The summed E-state index contributed by atoms with van der Waals surface area (Å²) >= 11 is 0. The Labute approximate surface area is 42.0 Å². The molecule has 0 saturated carbocycles. The lowest BCUT2D eigenvalue weighted by atomic mass is 10.8. The summed E-state index contributed by atoms with van der Waals surface area (Å²) in [5.74, 6) is 0. The molecule has 0 aliphatic heterocycles. The molecule has 0 aliphatic rings. The van der Waals surface area contributed by atoms with E-state index in [1.807, 2.05) is 0 Å². The van der Waals surface area contributed by atoms with Crippen molar-refractivity contribution in [1.29, 1.82) is 0 Å². The molecule has 0 bridgehead atoms.